The van der Waals surface area contributed by atoms with Gasteiger partial charge in [-0.2, -0.15) is 0 Å². The van der Waals surface area contributed by atoms with Crippen molar-refractivity contribution in [2.24, 2.45) is 5.92 Å². The number of ketones is 1. The Labute approximate surface area is 103 Å². The van der Waals surface area contributed by atoms with E-state index in [9.17, 15) is 4.79 Å². The molecule has 0 N–H and O–H groups in total. The predicted molar refractivity (Wildman–Crippen MR) is 68.1 cm³/mol. The average molecular weight is 232 g/mol. The number of rotatable bonds is 4. The van der Waals surface area contributed by atoms with Crippen molar-refractivity contribution in [3.05, 3.63) is 35.4 Å². The molecule has 1 fully saturated rings. The summed E-state index contributed by atoms with van der Waals surface area (Å²) in [5.74, 6) is 0.513. The SMILES string of the molecule is Cc1ccc(CCC(=O)C2CCCOC2)cc1. The molecule has 1 aromatic rings. The van der Waals surface area contributed by atoms with Crippen LogP contribution in [-0.2, 0) is 16.0 Å². The van der Waals surface area contributed by atoms with Crippen LogP contribution in [0.2, 0.25) is 0 Å². The van der Waals surface area contributed by atoms with Crippen LogP contribution in [0.5, 0.6) is 0 Å². The number of carbonyl (C=O) groups is 1. The molecule has 0 spiro atoms. The summed E-state index contributed by atoms with van der Waals surface area (Å²) in [6.45, 7) is 3.53. The van der Waals surface area contributed by atoms with E-state index in [-0.39, 0.29) is 5.92 Å². The topological polar surface area (TPSA) is 26.3 Å². The summed E-state index contributed by atoms with van der Waals surface area (Å²) in [4.78, 5) is 12.0. The van der Waals surface area contributed by atoms with Gasteiger partial charge in [-0.25, -0.2) is 0 Å². The van der Waals surface area contributed by atoms with E-state index in [1.807, 2.05) is 0 Å². The first kappa shape index (κ1) is 12.3. The van der Waals surface area contributed by atoms with Crippen LogP contribution in [0, 0.1) is 12.8 Å². The minimum absolute atomic E-state index is 0.147. The van der Waals surface area contributed by atoms with Crippen LogP contribution >= 0.6 is 0 Å². The normalized spacial score (nSPS) is 20.2. The Balaban J connectivity index is 1.81. The minimum atomic E-state index is 0.147. The van der Waals surface area contributed by atoms with E-state index >= 15 is 0 Å². The Morgan fingerprint density at radius 3 is 2.76 bits per heavy atom. The predicted octanol–water partition coefficient (Wildman–Crippen LogP) is 2.92. The van der Waals surface area contributed by atoms with Crippen LogP contribution in [0.3, 0.4) is 0 Å². The summed E-state index contributed by atoms with van der Waals surface area (Å²) in [6.07, 6.45) is 3.54. The van der Waals surface area contributed by atoms with Crippen LogP contribution in [0.25, 0.3) is 0 Å². The summed E-state index contributed by atoms with van der Waals surface area (Å²) < 4.78 is 5.35. The molecule has 1 unspecified atom stereocenters. The van der Waals surface area contributed by atoms with Crippen molar-refractivity contribution < 1.29 is 9.53 Å². The molecular formula is C15H20O2. The zero-order chi connectivity index (χ0) is 12.1. The molecule has 92 valence electrons. The Kier molecular flexibility index (Phi) is 4.32. The number of hydrogen-bond acceptors (Lipinski definition) is 2. The maximum atomic E-state index is 12.0. The second-order valence-corrected chi connectivity index (χ2v) is 4.87. The Hall–Kier alpha value is -1.15. The van der Waals surface area contributed by atoms with Crippen molar-refractivity contribution in [2.45, 2.75) is 32.6 Å². The van der Waals surface area contributed by atoms with Gasteiger partial charge in [0.05, 0.1) is 6.61 Å². The summed E-state index contributed by atoms with van der Waals surface area (Å²) in [5, 5.41) is 0. The molecule has 2 rings (SSSR count). The fourth-order valence-corrected chi connectivity index (χ4v) is 2.22. The van der Waals surface area contributed by atoms with Crippen molar-refractivity contribution in [1.82, 2.24) is 0 Å². The molecule has 0 radical (unpaired) electrons. The Morgan fingerprint density at radius 1 is 1.35 bits per heavy atom. The van der Waals surface area contributed by atoms with E-state index in [4.69, 9.17) is 4.74 Å². The van der Waals surface area contributed by atoms with Gasteiger partial charge < -0.3 is 4.74 Å². The second kappa shape index (κ2) is 5.97. The van der Waals surface area contributed by atoms with Gasteiger partial charge in [0.15, 0.2) is 0 Å². The minimum Gasteiger partial charge on any atom is -0.381 e. The standard InChI is InChI=1S/C15H20O2/c1-12-4-6-13(7-5-12)8-9-15(16)14-3-2-10-17-11-14/h4-7,14H,2-3,8-11H2,1H3. The maximum absolute atomic E-state index is 12.0. The van der Waals surface area contributed by atoms with Crippen LogP contribution in [0.4, 0.5) is 0 Å². The lowest BCUT2D eigenvalue weighted by molar-refractivity contribution is -0.126. The lowest BCUT2D eigenvalue weighted by Crippen LogP contribution is -2.25. The molecule has 1 aliphatic rings. The summed E-state index contributed by atoms with van der Waals surface area (Å²) in [5.41, 5.74) is 2.52. The van der Waals surface area contributed by atoms with Gasteiger partial charge in [0.25, 0.3) is 0 Å². The summed E-state index contributed by atoms with van der Waals surface area (Å²) >= 11 is 0. The van der Waals surface area contributed by atoms with Crippen LogP contribution in [0.1, 0.15) is 30.4 Å². The number of ether oxygens (including phenoxy) is 1. The maximum Gasteiger partial charge on any atom is 0.138 e. The summed E-state index contributed by atoms with van der Waals surface area (Å²) in [7, 11) is 0. The first-order valence-corrected chi connectivity index (χ1v) is 6.42. The molecule has 1 saturated heterocycles. The lowest BCUT2D eigenvalue weighted by atomic mass is 9.93. The fraction of sp³-hybridized carbons (Fsp3) is 0.533. The Bertz CT molecular complexity index is 361. The molecule has 1 aromatic carbocycles. The van der Waals surface area contributed by atoms with E-state index in [2.05, 4.69) is 31.2 Å². The van der Waals surface area contributed by atoms with Crippen LogP contribution in [0.15, 0.2) is 24.3 Å². The van der Waals surface area contributed by atoms with Crippen molar-refractivity contribution >= 4 is 5.78 Å². The number of carbonyl (C=O) groups excluding carboxylic acids is 1. The Morgan fingerprint density at radius 2 is 2.12 bits per heavy atom. The van der Waals surface area contributed by atoms with Gasteiger partial charge in [0, 0.05) is 18.9 Å². The fourth-order valence-electron chi connectivity index (χ4n) is 2.22. The third-order valence-corrected chi connectivity index (χ3v) is 3.40. The molecular weight excluding hydrogens is 212 g/mol. The third kappa shape index (κ3) is 3.67. The van der Waals surface area contributed by atoms with Gasteiger partial charge in [-0.15, -0.1) is 0 Å². The highest BCUT2D eigenvalue weighted by atomic mass is 16.5. The van der Waals surface area contributed by atoms with Crippen molar-refractivity contribution in [1.29, 1.82) is 0 Å². The molecule has 0 bridgehead atoms. The lowest BCUT2D eigenvalue weighted by Gasteiger charge is -2.20. The van der Waals surface area contributed by atoms with Crippen molar-refractivity contribution in [2.75, 3.05) is 13.2 Å². The molecule has 2 heteroatoms. The van der Waals surface area contributed by atoms with E-state index in [0.717, 1.165) is 25.9 Å². The van der Waals surface area contributed by atoms with Crippen LogP contribution < -0.4 is 0 Å². The molecule has 0 amide bonds. The van der Waals surface area contributed by atoms with Crippen molar-refractivity contribution in [3.63, 3.8) is 0 Å². The molecule has 0 aromatic heterocycles. The van der Waals surface area contributed by atoms with E-state index < -0.39 is 0 Å². The van der Waals surface area contributed by atoms with Gasteiger partial charge in [-0.3, -0.25) is 4.79 Å². The van der Waals surface area contributed by atoms with Crippen LogP contribution in [-0.4, -0.2) is 19.0 Å². The first-order chi connectivity index (χ1) is 8.25. The third-order valence-electron chi connectivity index (χ3n) is 3.40. The first-order valence-electron chi connectivity index (χ1n) is 6.42. The molecule has 1 heterocycles. The molecule has 2 nitrogen and oxygen atoms in total. The zero-order valence-electron chi connectivity index (χ0n) is 10.4. The molecule has 1 atom stereocenters. The van der Waals surface area contributed by atoms with Gasteiger partial charge in [0.2, 0.25) is 0 Å². The highest BCUT2D eigenvalue weighted by Crippen LogP contribution is 2.17. The number of benzene rings is 1. The van der Waals surface area contributed by atoms with Gasteiger partial charge in [-0.05, 0) is 31.7 Å². The monoisotopic (exact) mass is 232 g/mol. The largest absolute Gasteiger partial charge is 0.381 e. The summed E-state index contributed by atoms with van der Waals surface area (Å²) in [6, 6.07) is 8.42. The molecule has 0 aliphatic carbocycles. The average Bonchev–Trinajstić information content (AvgIpc) is 2.39. The van der Waals surface area contributed by atoms with Crippen molar-refractivity contribution in [3.8, 4) is 0 Å². The highest BCUT2D eigenvalue weighted by Gasteiger charge is 2.20. The van der Waals surface area contributed by atoms with Gasteiger partial charge >= 0.3 is 0 Å². The van der Waals surface area contributed by atoms with E-state index in [0.29, 0.717) is 18.8 Å². The molecule has 1 aliphatic heterocycles. The second-order valence-electron chi connectivity index (χ2n) is 4.87. The highest BCUT2D eigenvalue weighted by molar-refractivity contribution is 5.81. The number of Topliss-reactive ketones (excluding diaryl/α,β-unsaturated/α-hetero) is 1. The molecule has 0 saturated carbocycles. The van der Waals surface area contributed by atoms with Gasteiger partial charge in [0.1, 0.15) is 5.78 Å². The molecule has 17 heavy (non-hydrogen) atoms. The quantitative estimate of drug-likeness (QED) is 0.798. The smallest absolute Gasteiger partial charge is 0.138 e. The number of hydrogen-bond donors (Lipinski definition) is 0. The van der Waals surface area contributed by atoms with E-state index in [1.54, 1.807) is 0 Å². The zero-order valence-corrected chi connectivity index (χ0v) is 10.4. The van der Waals surface area contributed by atoms with E-state index in [1.165, 1.54) is 11.1 Å². The van der Waals surface area contributed by atoms with Gasteiger partial charge in [-0.1, -0.05) is 29.8 Å². The number of aryl methyl sites for hydroxylation is 2.